The molecule has 9 heteroatoms. The highest BCUT2D eigenvalue weighted by atomic mass is 32.2. The first kappa shape index (κ1) is 17.2. The number of aromatic nitrogens is 2. The van der Waals surface area contributed by atoms with Gasteiger partial charge in [-0.05, 0) is 18.6 Å². The van der Waals surface area contributed by atoms with E-state index in [1.54, 1.807) is 7.11 Å². The van der Waals surface area contributed by atoms with Crippen LogP contribution in [0.4, 0.5) is 11.5 Å². The van der Waals surface area contributed by atoms with Crippen molar-refractivity contribution in [3.63, 3.8) is 0 Å². The van der Waals surface area contributed by atoms with Gasteiger partial charge in [0, 0.05) is 6.04 Å². The van der Waals surface area contributed by atoms with E-state index in [0.29, 0.717) is 18.0 Å². The van der Waals surface area contributed by atoms with Crippen LogP contribution < -0.4 is 15.4 Å². The minimum atomic E-state index is -3.04. The first-order chi connectivity index (χ1) is 12.0. The van der Waals surface area contributed by atoms with Crippen molar-refractivity contribution in [1.29, 1.82) is 0 Å². The molecule has 132 valence electrons. The summed E-state index contributed by atoms with van der Waals surface area (Å²) in [4.78, 5) is 20.4. The fraction of sp³-hybridized carbons (Fsp3) is 0.312. The molecule has 0 radical (unpaired) electrons. The average Bonchev–Trinajstić information content (AvgIpc) is 2.94. The van der Waals surface area contributed by atoms with E-state index in [2.05, 4.69) is 20.6 Å². The number of para-hydroxylation sites is 2. The van der Waals surface area contributed by atoms with Crippen LogP contribution >= 0.6 is 0 Å². The minimum absolute atomic E-state index is 0.0282. The highest BCUT2D eigenvalue weighted by Crippen LogP contribution is 2.25. The van der Waals surface area contributed by atoms with Crippen molar-refractivity contribution in [3.05, 3.63) is 42.4 Å². The van der Waals surface area contributed by atoms with Crippen LogP contribution in [0.5, 0.6) is 5.75 Å². The van der Waals surface area contributed by atoms with Crippen LogP contribution in [-0.4, -0.2) is 49.0 Å². The number of benzene rings is 1. The number of rotatable bonds is 5. The molecule has 2 N–H and O–H groups in total. The largest absolute Gasteiger partial charge is 0.495 e. The summed E-state index contributed by atoms with van der Waals surface area (Å²) in [5.74, 6) is 0.766. The summed E-state index contributed by atoms with van der Waals surface area (Å²) in [6.45, 7) is 0. The molecule has 2 aromatic rings. The lowest BCUT2D eigenvalue weighted by atomic mass is 10.2. The molecule has 0 aliphatic carbocycles. The van der Waals surface area contributed by atoms with Crippen molar-refractivity contribution in [3.8, 4) is 5.75 Å². The molecule has 0 bridgehead atoms. The van der Waals surface area contributed by atoms with Crippen LogP contribution in [0.2, 0.25) is 0 Å². The maximum atomic E-state index is 12.1. The highest BCUT2D eigenvalue weighted by Gasteiger charge is 2.29. The van der Waals surface area contributed by atoms with E-state index in [1.807, 2.05) is 24.3 Å². The molecule has 1 aliphatic rings. The number of sulfone groups is 1. The fourth-order valence-corrected chi connectivity index (χ4v) is 4.24. The zero-order valence-corrected chi connectivity index (χ0v) is 14.4. The van der Waals surface area contributed by atoms with E-state index in [0.717, 1.165) is 5.69 Å². The van der Waals surface area contributed by atoms with Crippen molar-refractivity contribution < 1.29 is 17.9 Å². The normalized spacial score (nSPS) is 18.5. The number of carbonyl (C=O) groups excluding carboxylic acids is 1. The predicted octanol–water partition coefficient (Wildman–Crippen LogP) is 1.15. The molecule has 1 saturated heterocycles. The van der Waals surface area contributed by atoms with E-state index in [1.165, 1.54) is 12.4 Å². The average molecular weight is 362 g/mol. The molecule has 2 heterocycles. The van der Waals surface area contributed by atoms with Gasteiger partial charge in [-0.3, -0.25) is 4.79 Å². The van der Waals surface area contributed by atoms with Crippen LogP contribution in [0.25, 0.3) is 0 Å². The van der Waals surface area contributed by atoms with E-state index < -0.39 is 15.7 Å². The van der Waals surface area contributed by atoms with Gasteiger partial charge in [0.25, 0.3) is 5.91 Å². The molecule has 3 rings (SSSR count). The molecule has 1 aliphatic heterocycles. The third kappa shape index (κ3) is 4.24. The smallest absolute Gasteiger partial charge is 0.271 e. The van der Waals surface area contributed by atoms with Gasteiger partial charge in [-0.15, -0.1) is 0 Å². The molecule has 1 amide bonds. The number of amides is 1. The van der Waals surface area contributed by atoms with Gasteiger partial charge in [0.05, 0.1) is 36.7 Å². The zero-order valence-electron chi connectivity index (χ0n) is 13.6. The minimum Gasteiger partial charge on any atom is -0.495 e. The third-order valence-corrected chi connectivity index (χ3v) is 5.59. The zero-order chi connectivity index (χ0) is 17.9. The Morgan fingerprint density at radius 1 is 1.24 bits per heavy atom. The van der Waals surface area contributed by atoms with E-state index in [4.69, 9.17) is 4.74 Å². The van der Waals surface area contributed by atoms with Crippen molar-refractivity contribution in [2.45, 2.75) is 12.5 Å². The van der Waals surface area contributed by atoms with E-state index >= 15 is 0 Å². The predicted molar refractivity (Wildman–Crippen MR) is 92.8 cm³/mol. The Labute approximate surface area is 145 Å². The molecule has 1 atom stereocenters. The van der Waals surface area contributed by atoms with Crippen LogP contribution in [-0.2, 0) is 9.84 Å². The van der Waals surface area contributed by atoms with Crippen molar-refractivity contribution in [2.75, 3.05) is 23.9 Å². The summed E-state index contributed by atoms with van der Waals surface area (Å²) in [6.07, 6.45) is 3.21. The molecule has 1 aromatic heterocycles. The Bertz CT molecular complexity index is 868. The van der Waals surface area contributed by atoms with Crippen LogP contribution in [0.1, 0.15) is 16.9 Å². The maximum absolute atomic E-state index is 12.1. The fourth-order valence-electron chi connectivity index (χ4n) is 2.56. The van der Waals surface area contributed by atoms with Gasteiger partial charge in [-0.2, -0.15) is 0 Å². The topological polar surface area (TPSA) is 110 Å². The summed E-state index contributed by atoms with van der Waals surface area (Å²) in [7, 11) is -1.47. The molecular formula is C16H18N4O4S. The Hall–Kier alpha value is -2.68. The Balaban J connectivity index is 1.65. The number of ether oxygens (including phenoxy) is 1. The molecule has 25 heavy (non-hydrogen) atoms. The lowest BCUT2D eigenvalue weighted by Crippen LogP contribution is -2.36. The number of methoxy groups -OCH3 is 1. The van der Waals surface area contributed by atoms with Gasteiger partial charge < -0.3 is 15.4 Å². The summed E-state index contributed by atoms with van der Waals surface area (Å²) in [6, 6.07) is 6.99. The highest BCUT2D eigenvalue weighted by molar-refractivity contribution is 7.91. The standard InChI is InChI=1S/C16H18N4O4S/c1-24-14-5-3-2-4-12(14)20-15-9-17-13(8-18-15)16(21)19-11-6-7-25(22,23)10-11/h2-5,8-9,11H,6-7,10H2,1H3,(H,18,20)(H,19,21). The first-order valence-electron chi connectivity index (χ1n) is 7.70. The number of anilines is 2. The van der Waals surface area contributed by atoms with Gasteiger partial charge >= 0.3 is 0 Å². The second-order valence-corrected chi connectivity index (χ2v) is 7.91. The summed E-state index contributed by atoms with van der Waals surface area (Å²) >= 11 is 0. The summed E-state index contributed by atoms with van der Waals surface area (Å²) < 4.78 is 28.1. The van der Waals surface area contributed by atoms with E-state index in [-0.39, 0.29) is 23.2 Å². The second kappa shape index (κ2) is 7.06. The molecule has 1 aromatic carbocycles. The summed E-state index contributed by atoms with van der Waals surface area (Å²) in [5.41, 5.74) is 0.863. The van der Waals surface area contributed by atoms with Gasteiger partial charge in [-0.25, -0.2) is 18.4 Å². The number of carbonyl (C=O) groups is 1. The van der Waals surface area contributed by atoms with Gasteiger partial charge in [-0.1, -0.05) is 12.1 Å². The molecule has 1 unspecified atom stereocenters. The second-order valence-electron chi connectivity index (χ2n) is 5.69. The van der Waals surface area contributed by atoms with Gasteiger partial charge in [0.2, 0.25) is 0 Å². The van der Waals surface area contributed by atoms with Gasteiger partial charge in [0.1, 0.15) is 17.3 Å². The van der Waals surface area contributed by atoms with Crippen LogP contribution in [0.15, 0.2) is 36.7 Å². The molecule has 8 nitrogen and oxygen atoms in total. The lowest BCUT2D eigenvalue weighted by molar-refractivity contribution is 0.0935. The number of hydrogen-bond acceptors (Lipinski definition) is 7. The van der Waals surface area contributed by atoms with Crippen LogP contribution in [0.3, 0.4) is 0 Å². The third-order valence-electron chi connectivity index (χ3n) is 3.82. The Morgan fingerprint density at radius 2 is 2.04 bits per heavy atom. The maximum Gasteiger partial charge on any atom is 0.271 e. The van der Waals surface area contributed by atoms with Gasteiger partial charge in [0.15, 0.2) is 9.84 Å². The van der Waals surface area contributed by atoms with E-state index in [9.17, 15) is 13.2 Å². The first-order valence-corrected chi connectivity index (χ1v) is 9.52. The molecule has 1 fully saturated rings. The Morgan fingerprint density at radius 3 is 2.68 bits per heavy atom. The monoisotopic (exact) mass is 362 g/mol. The quantitative estimate of drug-likeness (QED) is 0.821. The number of nitrogens with one attached hydrogen (secondary N) is 2. The van der Waals surface area contributed by atoms with Crippen LogP contribution in [0, 0.1) is 0 Å². The SMILES string of the molecule is COc1ccccc1Nc1cnc(C(=O)NC2CCS(=O)(=O)C2)cn1. The molecule has 0 spiro atoms. The van der Waals surface area contributed by atoms with Crippen molar-refractivity contribution in [2.24, 2.45) is 0 Å². The van der Waals surface area contributed by atoms with Crippen molar-refractivity contribution >= 4 is 27.2 Å². The Kier molecular flexibility index (Phi) is 4.84. The molecule has 0 saturated carbocycles. The number of nitrogens with zero attached hydrogens (tertiary/aromatic N) is 2. The molecular weight excluding hydrogens is 344 g/mol. The summed E-state index contributed by atoms with van der Waals surface area (Å²) in [5, 5.41) is 5.74. The number of hydrogen-bond donors (Lipinski definition) is 2. The lowest BCUT2D eigenvalue weighted by Gasteiger charge is -2.11. The van der Waals surface area contributed by atoms with Crippen molar-refractivity contribution in [1.82, 2.24) is 15.3 Å².